The molecule has 0 spiro atoms. The molecular formula is C9H9NO. The van der Waals surface area contributed by atoms with Gasteiger partial charge in [0.25, 0.3) is 0 Å². The van der Waals surface area contributed by atoms with Crippen LogP contribution in [0.4, 0.5) is 0 Å². The van der Waals surface area contributed by atoms with E-state index >= 15 is 0 Å². The second kappa shape index (κ2) is 3.18. The van der Waals surface area contributed by atoms with E-state index in [9.17, 15) is 0 Å². The Labute approximate surface area is 65.9 Å². The van der Waals surface area contributed by atoms with Crippen molar-refractivity contribution in [3.63, 3.8) is 0 Å². The van der Waals surface area contributed by atoms with Crippen LogP contribution >= 0.6 is 0 Å². The van der Waals surface area contributed by atoms with Gasteiger partial charge in [-0.05, 0) is 13.0 Å². The van der Waals surface area contributed by atoms with Crippen molar-refractivity contribution in [3.05, 3.63) is 29.6 Å². The maximum atomic E-state index is 9.14. The van der Waals surface area contributed by atoms with Crippen LogP contribution in [0, 0.1) is 19.3 Å². The topological polar surface area (TPSA) is 33.1 Å². The third kappa shape index (κ3) is 1.79. The number of nitrogens with zero attached hydrogens (tertiary/aromatic N) is 1. The summed E-state index contributed by atoms with van der Waals surface area (Å²) in [6.45, 7) is 1.88. The van der Waals surface area contributed by atoms with Gasteiger partial charge < -0.3 is 5.11 Å². The summed E-state index contributed by atoms with van der Waals surface area (Å²) in [5.74, 6) is 2.22. The van der Waals surface area contributed by atoms with Crippen LogP contribution in [0.1, 0.15) is 17.4 Å². The predicted molar refractivity (Wildman–Crippen MR) is 42.8 cm³/mol. The summed E-state index contributed by atoms with van der Waals surface area (Å²) in [6, 6.07) is 3.59. The third-order valence-corrected chi connectivity index (χ3v) is 1.41. The zero-order chi connectivity index (χ0) is 8.27. The largest absolute Gasteiger partial charge is 0.376 e. The molecule has 1 aromatic heterocycles. The van der Waals surface area contributed by atoms with Crippen LogP contribution in [0.3, 0.4) is 0 Å². The monoisotopic (exact) mass is 147 g/mol. The standard InChI is InChI=1S/C9H9NO/c1-3-9(11)8-5-4-7(2)10-6-8/h1,4-6,9,11H,2H3. The molecular weight excluding hydrogens is 138 g/mol. The molecule has 0 aliphatic rings. The first-order valence-electron chi connectivity index (χ1n) is 3.31. The van der Waals surface area contributed by atoms with E-state index in [-0.39, 0.29) is 0 Å². The number of aliphatic hydroxyl groups excluding tert-OH is 1. The molecule has 1 heterocycles. The van der Waals surface area contributed by atoms with Crippen molar-refractivity contribution in [2.24, 2.45) is 0 Å². The molecule has 0 saturated heterocycles. The van der Waals surface area contributed by atoms with Crippen molar-refractivity contribution in [2.45, 2.75) is 13.0 Å². The summed E-state index contributed by atoms with van der Waals surface area (Å²) in [4.78, 5) is 3.99. The summed E-state index contributed by atoms with van der Waals surface area (Å²) in [7, 11) is 0. The summed E-state index contributed by atoms with van der Waals surface area (Å²) < 4.78 is 0. The van der Waals surface area contributed by atoms with E-state index in [0.29, 0.717) is 5.56 Å². The Morgan fingerprint density at radius 1 is 1.64 bits per heavy atom. The van der Waals surface area contributed by atoms with Crippen LogP contribution in [0.25, 0.3) is 0 Å². The minimum atomic E-state index is -0.830. The smallest absolute Gasteiger partial charge is 0.141 e. The SMILES string of the molecule is C#CC(O)c1ccc(C)nc1. The fourth-order valence-electron chi connectivity index (χ4n) is 0.737. The van der Waals surface area contributed by atoms with Gasteiger partial charge in [0.05, 0.1) is 0 Å². The van der Waals surface area contributed by atoms with Crippen molar-refractivity contribution in [2.75, 3.05) is 0 Å². The van der Waals surface area contributed by atoms with Gasteiger partial charge in [-0.15, -0.1) is 6.42 Å². The first-order chi connectivity index (χ1) is 5.24. The van der Waals surface area contributed by atoms with Crippen LogP contribution < -0.4 is 0 Å². The van der Waals surface area contributed by atoms with Crippen molar-refractivity contribution in [1.29, 1.82) is 0 Å². The molecule has 0 aromatic carbocycles. The van der Waals surface area contributed by atoms with E-state index in [0.717, 1.165) is 5.69 Å². The molecule has 56 valence electrons. The number of hydrogen-bond acceptors (Lipinski definition) is 2. The molecule has 1 unspecified atom stereocenters. The highest BCUT2D eigenvalue weighted by Gasteiger charge is 2.01. The second-order valence-electron chi connectivity index (χ2n) is 2.30. The number of pyridine rings is 1. The zero-order valence-corrected chi connectivity index (χ0v) is 6.28. The van der Waals surface area contributed by atoms with E-state index in [1.54, 1.807) is 12.3 Å². The van der Waals surface area contributed by atoms with E-state index in [2.05, 4.69) is 10.9 Å². The average Bonchev–Trinajstić information content (AvgIpc) is 2.05. The van der Waals surface area contributed by atoms with Gasteiger partial charge in [-0.25, -0.2) is 0 Å². The summed E-state index contributed by atoms with van der Waals surface area (Å²) in [5.41, 5.74) is 1.58. The van der Waals surface area contributed by atoms with Crippen LogP contribution in [-0.2, 0) is 0 Å². The van der Waals surface area contributed by atoms with Gasteiger partial charge in [-0.3, -0.25) is 4.98 Å². The molecule has 11 heavy (non-hydrogen) atoms. The highest BCUT2D eigenvalue weighted by atomic mass is 16.3. The molecule has 0 amide bonds. The lowest BCUT2D eigenvalue weighted by Crippen LogP contribution is -1.94. The lowest BCUT2D eigenvalue weighted by molar-refractivity contribution is 0.238. The number of hydrogen-bond donors (Lipinski definition) is 1. The van der Waals surface area contributed by atoms with E-state index in [1.165, 1.54) is 0 Å². The minimum Gasteiger partial charge on any atom is -0.376 e. The van der Waals surface area contributed by atoms with Gasteiger partial charge in [0.15, 0.2) is 0 Å². The van der Waals surface area contributed by atoms with E-state index in [1.807, 2.05) is 13.0 Å². The van der Waals surface area contributed by atoms with Gasteiger partial charge in [0, 0.05) is 17.5 Å². The summed E-state index contributed by atoms with van der Waals surface area (Å²) in [6.07, 6.45) is 5.77. The third-order valence-electron chi connectivity index (χ3n) is 1.41. The minimum absolute atomic E-state index is 0.665. The Hall–Kier alpha value is -1.33. The molecule has 0 aliphatic heterocycles. The number of aryl methyl sites for hydroxylation is 1. The highest BCUT2D eigenvalue weighted by molar-refractivity contribution is 5.21. The summed E-state index contributed by atoms with van der Waals surface area (Å²) in [5, 5.41) is 9.14. The fourth-order valence-corrected chi connectivity index (χ4v) is 0.737. The highest BCUT2D eigenvalue weighted by Crippen LogP contribution is 2.09. The molecule has 0 saturated carbocycles. The van der Waals surface area contributed by atoms with Gasteiger partial charge in [0.2, 0.25) is 0 Å². The second-order valence-corrected chi connectivity index (χ2v) is 2.30. The Bertz CT molecular complexity index is 271. The molecule has 0 radical (unpaired) electrons. The Morgan fingerprint density at radius 3 is 2.82 bits per heavy atom. The van der Waals surface area contributed by atoms with E-state index < -0.39 is 6.10 Å². The number of rotatable bonds is 1. The summed E-state index contributed by atoms with van der Waals surface area (Å²) >= 11 is 0. The zero-order valence-electron chi connectivity index (χ0n) is 6.28. The lowest BCUT2D eigenvalue weighted by atomic mass is 10.2. The van der Waals surface area contributed by atoms with Crippen LogP contribution in [0.5, 0.6) is 0 Å². The molecule has 1 aromatic rings. The molecule has 0 fully saturated rings. The Kier molecular flexibility index (Phi) is 2.25. The molecule has 2 heteroatoms. The molecule has 1 N–H and O–H groups in total. The maximum absolute atomic E-state index is 9.14. The Morgan fingerprint density at radius 2 is 2.36 bits per heavy atom. The van der Waals surface area contributed by atoms with Crippen LogP contribution in [-0.4, -0.2) is 10.1 Å². The first-order valence-corrected chi connectivity index (χ1v) is 3.31. The van der Waals surface area contributed by atoms with Crippen molar-refractivity contribution in [3.8, 4) is 12.3 Å². The molecule has 0 bridgehead atoms. The predicted octanol–water partition coefficient (Wildman–Crippen LogP) is 1.06. The van der Waals surface area contributed by atoms with Gasteiger partial charge in [0.1, 0.15) is 6.10 Å². The molecule has 2 nitrogen and oxygen atoms in total. The van der Waals surface area contributed by atoms with Crippen molar-refractivity contribution >= 4 is 0 Å². The lowest BCUT2D eigenvalue weighted by Gasteiger charge is -2.01. The van der Waals surface area contributed by atoms with Crippen molar-refractivity contribution in [1.82, 2.24) is 4.98 Å². The molecule has 1 rings (SSSR count). The average molecular weight is 147 g/mol. The van der Waals surface area contributed by atoms with Crippen molar-refractivity contribution < 1.29 is 5.11 Å². The van der Waals surface area contributed by atoms with E-state index in [4.69, 9.17) is 11.5 Å². The quantitative estimate of drug-likeness (QED) is 0.602. The number of aromatic nitrogens is 1. The number of terminal acetylenes is 1. The van der Waals surface area contributed by atoms with Crippen LogP contribution in [0.2, 0.25) is 0 Å². The van der Waals surface area contributed by atoms with Gasteiger partial charge >= 0.3 is 0 Å². The molecule has 0 aliphatic carbocycles. The fraction of sp³-hybridized carbons (Fsp3) is 0.222. The van der Waals surface area contributed by atoms with Gasteiger partial charge in [-0.2, -0.15) is 0 Å². The normalized spacial score (nSPS) is 12.1. The van der Waals surface area contributed by atoms with Crippen LogP contribution in [0.15, 0.2) is 18.3 Å². The molecule has 1 atom stereocenters. The van der Waals surface area contributed by atoms with Gasteiger partial charge in [-0.1, -0.05) is 12.0 Å². The Balaban J connectivity index is 2.92. The number of aliphatic hydroxyl groups is 1. The maximum Gasteiger partial charge on any atom is 0.141 e. The first kappa shape index (κ1) is 7.77.